The van der Waals surface area contributed by atoms with Crippen LogP contribution in [0.5, 0.6) is 0 Å². The van der Waals surface area contributed by atoms with E-state index in [4.69, 9.17) is 10.5 Å². The van der Waals surface area contributed by atoms with Gasteiger partial charge in [0.05, 0.1) is 12.4 Å². The number of rotatable bonds is 5. The zero-order chi connectivity index (χ0) is 16.1. The molecule has 0 unspecified atom stereocenters. The van der Waals surface area contributed by atoms with Crippen LogP contribution in [-0.4, -0.2) is 27.9 Å². The van der Waals surface area contributed by atoms with Gasteiger partial charge in [0.2, 0.25) is 0 Å². The number of hydrogen-bond donors (Lipinski definition) is 1. The number of aryl methyl sites for hydroxylation is 1. The molecule has 0 bridgehead atoms. The molecule has 0 saturated heterocycles. The molecule has 22 heavy (non-hydrogen) atoms. The zero-order valence-electron chi connectivity index (χ0n) is 12.4. The number of esters is 1. The summed E-state index contributed by atoms with van der Waals surface area (Å²) >= 11 is 1.12. The molecular formula is C15H17N3O3S. The van der Waals surface area contributed by atoms with Crippen molar-refractivity contribution in [3.8, 4) is 5.69 Å². The number of anilines is 1. The molecule has 0 aliphatic heterocycles. The van der Waals surface area contributed by atoms with Crippen LogP contribution in [-0.2, 0) is 9.53 Å². The van der Waals surface area contributed by atoms with Crippen molar-refractivity contribution in [3.05, 3.63) is 46.2 Å². The number of aromatic nitrogens is 2. The minimum atomic E-state index is -0.438. The van der Waals surface area contributed by atoms with E-state index in [2.05, 4.69) is 4.98 Å². The number of benzene rings is 1. The Morgan fingerprint density at radius 2 is 2.05 bits per heavy atom. The molecule has 0 aliphatic rings. The van der Waals surface area contributed by atoms with Gasteiger partial charge in [0.15, 0.2) is 5.16 Å². The van der Waals surface area contributed by atoms with Gasteiger partial charge in [-0.25, -0.2) is 0 Å². The third-order valence-corrected chi connectivity index (χ3v) is 3.76. The Bertz CT molecular complexity index is 726. The first kappa shape index (κ1) is 16.1. The summed E-state index contributed by atoms with van der Waals surface area (Å²) in [4.78, 5) is 27.0. The average molecular weight is 319 g/mol. The molecule has 2 rings (SSSR count). The molecule has 1 aromatic heterocycles. The molecule has 0 fully saturated rings. The van der Waals surface area contributed by atoms with E-state index in [0.717, 1.165) is 23.0 Å². The smallest absolute Gasteiger partial charge is 0.316 e. The van der Waals surface area contributed by atoms with Crippen LogP contribution in [0.2, 0.25) is 0 Å². The van der Waals surface area contributed by atoms with E-state index in [9.17, 15) is 9.59 Å². The second-order valence-electron chi connectivity index (χ2n) is 4.57. The largest absolute Gasteiger partial charge is 0.465 e. The number of carbonyl (C=O) groups is 1. The highest BCUT2D eigenvalue weighted by Crippen LogP contribution is 2.22. The van der Waals surface area contributed by atoms with Crippen molar-refractivity contribution in [3.63, 3.8) is 0 Å². The van der Waals surface area contributed by atoms with Gasteiger partial charge in [-0.15, -0.1) is 0 Å². The average Bonchev–Trinajstić information content (AvgIpc) is 2.46. The quantitative estimate of drug-likeness (QED) is 0.513. The fraction of sp³-hybridized carbons (Fsp3) is 0.267. The van der Waals surface area contributed by atoms with Crippen molar-refractivity contribution in [1.82, 2.24) is 9.55 Å². The van der Waals surface area contributed by atoms with Gasteiger partial charge >= 0.3 is 5.97 Å². The SMILES string of the molecule is CCOC(=O)CSc1nc(=O)cc(N)n1-c1ccc(C)cc1. The van der Waals surface area contributed by atoms with Gasteiger partial charge in [0.25, 0.3) is 5.56 Å². The molecule has 2 aromatic rings. The van der Waals surface area contributed by atoms with Gasteiger partial charge in [0.1, 0.15) is 5.82 Å². The van der Waals surface area contributed by atoms with Crippen LogP contribution in [0.1, 0.15) is 12.5 Å². The van der Waals surface area contributed by atoms with Crippen molar-refractivity contribution >= 4 is 23.5 Å². The number of nitrogens with two attached hydrogens (primary N) is 1. The summed E-state index contributed by atoms with van der Waals surface area (Å²) in [5, 5.41) is 0.363. The van der Waals surface area contributed by atoms with Gasteiger partial charge in [-0.2, -0.15) is 4.98 Å². The van der Waals surface area contributed by atoms with Crippen molar-refractivity contribution < 1.29 is 9.53 Å². The highest BCUT2D eigenvalue weighted by Gasteiger charge is 2.12. The maximum absolute atomic E-state index is 11.6. The first-order valence-corrected chi connectivity index (χ1v) is 7.75. The lowest BCUT2D eigenvalue weighted by Crippen LogP contribution is -2.18. The Morgan fingerprint density at radius 1 is 1.36 bits per heavy atom. The lowest BCUT2D eigenvalue weighted by molar-refractivity contribution is -0.139. The standard InChI is InChI=1S/C15H17N3O3S/c1-3-21-14(20)9-22-15-17-13(19)8-12(16)18(15)11-6-4-10(2)5-7-11/h4-8H,3,9,16H2,1-2H3. The number of thioether (sulfide) groups is 1. The van der Waals surface area contributed by atoms with Gasteiger partial charge < -0.3 is 10.5 Å². The Balaban J connectivity index is 2.37. The first-order chi connectivity index (χ1) is 10.5. The fourth-order valence-electron chi connectivity index (χ4n) is 1.85. The van der Waals surface area contributed by atoms with E-state index < -0.39 is 5.56 Å². The van der Waals surface area contributed by atoms with Gasteiger partial charge in [-0.3, -0.25) is 14.2 Å². The van der Waals surface area contributed by atoms with Crippen LogP contribution in [0, 0.1) is 6.92 Å². The van der Waals surface area contributed by atoms with E-state index in [1.165, 1.54) is 6.07 Å². The van der Waals surface area contributed by atoms with Gasteiger partial charge in [-0.1, -0.05) is 29.5 Å². The predicted octanol–water partition coefficient (Wildman–Crippen LogP) is 1.78. The molecule has 0 aliphatic carbocycles. The van der Waals surface area contributed by atoms with Crippen LogP contribution < -0.4 is 11.3 Å². The maximum atomic E-state index is 11.6. The Labute approximate surface area is 132 Å². The van der Waals surface area contributed by atoms with Crippen molar-refractivity contribution in [2.45, 2.75) is 19.0 Å². The molecule has 0 amide bonds. The summed E-state index contributed by atoms with van der Waals surface area (Å²) in [7, 11) is 0. The number of ether oxygens (including phenoxy) is 1. The van der Waals surface area contributed by atoms with Crippen molar-refractivity contribution in [2.75, 3.05) is 18.1 Å². The lowest BCUT2D eigenvalue weighted by Gasteiger charge is -2.14. The number of carbonyl (C=O) groups excluding carboxylic acids is 1. The third kappa shape index (κ3) is 3.88. The molecular weight excluding hydrogens is 302 g/mol. The van der Waals surface area contributed by atoms with E-state index in [0.29, 0.717) is 11.8 Å². The molecule has 2 N–H and O–H groups in total. The molecule has 0 atom stereocenters. The Kier molecular flexibility index (Phi) is 5.21. The highest BCUT2D eigenvalue weighted by molar-refractivity contribution is 7.99. The minimum absolute atomic E-state index is 0.0651. The van der Waals surface area contributed by atoms with E-state index >= 15 is 0 Å². The number of nitrogens with zero attached hydrogens (tertiary/aromatic N) is 2. The van der Waals surface area contributed by atoms with E-state index in [-0.39, 0.29) is 17.5 Å². The second kappa shape index (κ2) is 7.13. The van der Waals surface area contributed by atoms with Crippen molar-refractivity contribution in [1.29, 1.82) is 0 Å². The van der Waals surface area contributed by atoms with E-state index in [1.807, 2.05) is 31.2 Å². The lowest BCUT2D eigenvalue weighted by atomic mass is 10.2. The van der Waals surface area contributed by atoms with Crippen molar-refractivity contribution in [2.24, 2.45) is 0 Å². The molecule has 1 aromatic carbocycles. The maximum Gasteiger partial charge on any atom is 0.316 e. The summed E-state index contributed by atoms with van der Waals surface area (Å²) in [6.07, 6.45) is 0. The second-order valence-corrected chi connectivity index (χ2v) is 5.51. The minimum Gasteiger partial charge on any atom is -0.465 e. The van der Waals surface area contributed by atoms with Gasteiger partial charge in [-0.05, 0) is 26.0 Å². The predicted molar refractivity (Wildman–Crippen MR) is 86.3 cm³/mol. The summed E-state index contributed by atoms with van der Waals surface area (Å²) in [6, 6.07) is 8.90. The van der Waals surface area contributed by atoms with Crippen LogP contribution in [0.3, 0.4) is 0 Å². The van der Waals surface area contributed by atoms with Gasteiger partial charge in [0, 0.05) is 11.8 Å². The fourth-order valence-corrected chi connectivity index (χ4v) is 2.68. The molecule has 116 valence electrons. The summed E-state index contributed by atoms with van der Waals surface area (Å²) in [5.74, 6) is -0.0230. The molecule has 6 nitrogen and oxygen atoms in total. The zero-order valence-corrected chi connectivity index (χ0v) is 13.2. The molecule has 0 spiro atoms. The van der Waals surface area contributed by atoms with Crippen LogP contribution >= 0.6 is 11.8 Å². The highest BCUT2D eigenvalue weighted by atomic mass is 32.2. The van der Waals surface area contributed by atoms with E-state index in [1.54, 1.807) is 11.5 Å². The van der Waals surface area contributed by atoms with Crippen LogP contribution in [0.15, 0.2) is 40.3 Å². The first-order valence-electron chi connectivity index (χ1n) is 6.76. The normalized spacial score (nSPS) is 10.5. The topological polar surface area (TPSA) is 87.2 Å². The Hall–Kier alpha value is -2.28. The molecule has 7 heteroatoms. The summed E-state index contributed by atoms with van der Waals surface area (Å²) in [5.41, 5.74) is 7.40. The number of hydrogen-bond acceptors (Lipinski definition) is 6. The number of nitrogen functional groups attached to an aromatic ring is 1. The van der Waals surface area contributed by atoms with Crippen LogP contribution in [0.25, 0.3) is 5.69 Å². The summed E-state index contributed by atoms with van der Waals surface area (Å²) < 4.78 is 6.52. The molecule has 1 heterocycles. The monoisotopic (exact) mass is 319 g/mol. The van der Waals surface area contributed by atoms with Crippen LogP contribution in [0.4, 0.5) is 5.82 Å². The molecule has 0 saturated carbocycles. The third-order valence-electron chi connectivity index (χ3n) is 2.84. The summed E-state index contributed by atoms with van der Waals surface area (Å²) in [6.45, 7) is 4.03. The molecule has 0 radical (unpaired) electrons. The Morgan fingerprint density at radius 3 is 2.68 bits per heavy atom.